The van der Waals surface area contributed by atoms with Crippen LogP contribution in [-0.4, -0.2) is 48.3 Å². The van der Waals surface area contributed by atoms with Crippen molar-refractivity contribution in [2.24, 2.45) is 0 Å². The number of para-hydroxylation sites is 1. The molecule has 3 aromatic rings. The minimum Gasteiger partial charge on any atom is -0.454 e. The molecule has 3 aromatic carbocycles. The number of ether oxygens (including phenoxy) is 2. The van der Waals surface area contributed by atoms with E-state index in [9.17, 15) is 19.2 Å². The van der Waals surface area contributed by atoms with Crippen LogP contribution in [0.5, 0.6) is 11.5 Å². The van der Waals surface area contributed by atoms with Crippen molar-refractivity contribution in [1.82, 2.24) is 4.90 Å². The van der Waals surface area contributed by atoms with Crippen LogP contribution >= 0.6 is 0 Å². The third-order valence-electron chi connectivity index (χ3n) is 6.01. The Morgan fingerprint density at radius 1 is 0.972 bits per heavy atom. The number of hydrogen-bond donors (Lipinski definition) is 1. The van der Waals surface area contributed by atoms with Crippen molar-refractivity contribution in [3.63, 3.8) is 0 Å². The summed E-state index contributed by atoms with van der Waals surface area (Å²) in [4.78, 5) is 53.7. The van der Waals surface area contributed by atoms with Crippen LogP contribution in [0.25, 0.3) is 0 Å². The van der Waals surface area contributed by atoms with Gasteiger partial charge in [0.2, 0.25) is 18.6 Å². The highest BCUT2D eigenvalue weighted by atomic mass is 16.7. The van der Waals surface area contributed by atoms with Gasteiger partial charge in [-0.05, 0) is 36.8 Å². The van der Waals surface area contributed by atoms with E-state index in [1.807, 2.05) is 31.2 Å². The molecule has 0 unspecified atom stereocenters. The first-order valence-corrected chi connectivity index (χ1v) is 11.4. The first kappa shape index (κ1) is 23.1. The fourth-order valence-electron chi connectivity index (χ4n) is 4.13. The first-order chi connectivity index (χ1) is 17.4. The van der Waals surface area contributed by atoms with E-state index < -0.39 is 23.5 Å². The van der Waals surface area contributed by atoms with E-state index in [4.69, 9.17) is 9.47 Å². The second kappa shape index (κ2) is 9.53. The maximum atomic E-state index is 13.4. The van der Waals surface area contributed by atoms with Crippen molar-refractivity contribution in [2.45, 2.75) is 13.5 Å². The van der Waals surface area contributed by atoms with Gasteiger partial charge in [0.1, 0.15) is 13.1 Å². The number of aryl methyl sites for hydroxylation is 1. The molecule has 0 saturated carbocycles. The number of benzene rings is 3. The second-order valence-corrected chi connectivity index (χ2v) is 8.59. The molecule has 2 heterocycles. The molecule has 0 fully saturated rings. The highest BCUT2D eigenvalue weighted by molar-refractivity contribution is 6.52. The number of Topliss-reactive ketones (excluding diaryl/α,β-unsaturated/α-hetero) is 1. The Labute approximate surface area is 207 Å². The summed E-state index contributed by atoms with van der Waals surface area (Å²) < 4.78 is 10.6. The molecule has 0 saturated heterocycles. The van der Waals surface area contributed by atoms with E-state index in [-0.39, 0.29) is 32.0 Å². The van der Waals surface area contributed by atoms with Crippen molar-refractivity contribution in [3.8, 4) is 11.5 Å². The monoisotopic (exact) mass is 485 g/mol. The number of rotatable bonds is 7. The molecule has 182 valence electrons. The third-order valence-corrected chi connectivity index (χ3v) is 6.01. The summed E-state index contributed by atoms with van der Waals surface area (Å²) in [7, 11) is 0. The fraction of sp³-hybridized carbons (Fsp3) is 0.185. The number of carbonyl (C=O) groups is 4. The van der Waals surface area contributed by atoms with Crippen molar-refractivity contribution in [3.05, 3.63) is 83.4 Å². The average molecular weight is 485 g/mol. The van der Waals surface area contributed by atoms with Crippen LogP contribution in [0.1, 0.15) is 21.5 Å². The molecule has 3 amide bonds. The summed E-state index contributed by atoms with van der Waals surface area (Å²) in [5.41, 5.74) is 3.05. The number of nitrogens with one attached hydrogen (secondary N) is 1. The van der Waals surface area contributed by atoms with Gasteiger partial charge in [-0.25, -0.2) is 0 Å². The molecule has 0 spiro atoms. The van der Waals surface area contributed by atoms with Gasteiger partial charge in [0.05, 0.1) is 11.3 Å². The van der Waals surface area contributed by atoms with E-state index in [1.54, 1.807) is 42.5 Å². The quantitative estimate of drug-likeness (QED) is 0.516. The molecule has 9 heteroatoms. The lowest BCUT2D eigenvalue weighted by molar-refractivity contribution is -0.134. The van der Waals surface area contributed by atoms with E-state index in [0.29, 0.717) is 22.9 Å². The SMILES string of the molecule is Cc1ccc(CN(CC(=O)Nc2ccc3c(c2)OCO3)C(=O)CN2C(=O)C(=O)c3ccccc32)cc1. The van der Waals surface area contributed by atoms with Gasteiger partial charge in [-0.1, -0.05) is 42.0 Å². The van der Waals surface area contributed by atoms with Gasteiger partial charge in [-0.2, -0.15) is 0 Å². The van der Waals surface area contributed by atoms with Crippen LogP contribution in [0.15, 0.2) is 66.7 Å². The Hall–Kier alpha value is -4.66. The molecule has 9 nitrogen and oxygen atoms in total. The summed E-state index contributed by atoms with van der Waals surface area (Å²) in [5, 5.41) is 2.77. The van der Waals surface area contributed by atoms with Gasteiger partial charge >= 0.3 is 0 Å². The molecule has 0 radical (unpaired) electrons. The minimum absolute atomic E-state index is 0.117. The van der Waals surface area contributed by atoms with Gasteiger partial charge < -0.3 is 19.7 Å². The Bertz CT molecular complexity index is 1370. The fourth-order valence-corrected chi connectivity index (χ4v) is 4.13. The van der Waals surface area contributed by atoms with E-state index in [1.165, 1.54) is 4.90 Å². The van der Waals surface area contributed by atoms with Crippen molar-refractivity contribution in [2.75, 3.05) is 30.1 Å². The highest BCUT2D eigenvalue weighted by Gasteiger charge is 2.37. The maximum Gasteiger partial charge on any atom is 0.299 e. The largest absolute Gasteiger partial charge is 0.454 e. The maximum absolute atomic E-state index is 13.4. The Morgan fingerprint density at radius 3 is 2.53 bits per heavy atom. The summed E-state index contributed by atoms with van der Waals surface area (Å²) in [6.07, 6.45) is 0. The molecule has 36 heavy (non-hydrogen) atoms. The van der Waals surface area contributed by atoms with Crippen molar-refractivity contribution in [1.29, 1.82) is 0 Å². The van der Waals surface area contributed by atoms with Gasteiger partial charge in [-0.3, -0.25) is 24.1 Å². The molecule has 0 bridgehead atoms. The highest BCUT2D eigenvalue weighted by Crippen LogP contribution is 2.34. The lowest BCUT2D eigenvalue weighted by atomic mass is 10.1. The Kier molecular flexibility index (Phi) is 6.12. The number of ketones is 1. The smallest absolute Gasteiger partial charge is 0.299 e. The average Bonchev–Trinajstić information content (AvgIpc) is 3.43. The predicted molar refractivity (Wildman–Crippen MR) is 131 cm³/mol. The number of carbonyl (C=O) groups excluding carboxylic acids is 4. The number of anilines is 2. The summed E-state index contributed by atoms with van der Waals surface area (Å²) >= 11 is 0. The van der Waals surface area contributed by atoms with Crippen molar-refractivity contribution >= 4 is 34.9 Å². The molecule has 0 aromatic heterocycles. The zero-order valence-corrected chi connectivity index (χ0v) is 19.5. The lowest BCUT2D eigenvalue weighted by Gasteiger charge is -2.25. The van der Waals surface area contributed by atoms with Crippen LogP contribution in [0, 0.1) is 6.92 Å². The zero-order chi connectivity index (χ0) is 25.2. The Morgan fingerprint density at radius 2 is 1.72 bits per heavy atom. The summed E-state index contributed by atoms with van der Waals surface area (Å²) in [6, 6.07) is 19.2. The van der Waals surface area contributed by atoms with Gasteiger partial charge in [0.25, 0.3) is 11.7 Å². The van der Waals surface area contributed by atoms with Crippen LogP contribution < -0.4 is 19.7 Å². The number of amides is 3. The lowest BCUT2D eigenvalue weighted by Crippen LogP contribution is -2.45. The molecule has 5 rings (SSSR count). The molecular weight excluding hydrogens is 462 g/mol. The zero-order valence-electron chi connectivity index (χ0n) is 19.5. The predicted octanol–water partition coefficient (Wildman–Crippen LogP) is 2.92. The van der Waals surface area contributed by atoms with Crippen LogP contribution in [0.2, 0.25) is 0 Å². The van der Waals surface area contributed by atoms with E-state index in [2.05, 4.69) is 5.32 Å². The standard InChI is InChI=1S/C27H23N3O6/c1-17-6-8-18(9-7-17)13-29(14-24(31)28-19-10-11-22-23(12-19)36-16-35-22)25(32)15-30-21-5-3-2-4-20(21)26(33)27(30)34/h2-12H,13-16H2,1H3,(H,28,31). The summed E-state index contributed by atoms with van der Waals surface area (Å²) in [6.45, 7) is 1.63. The van der Waals surface area contributed by atoms with Gasteiger partial charge in [0, 0.05) is 18.3 Å². The topological polar surface area (TPSA) is 105 Å². The first-order valence-electron chi connectivity index (χ1n) is 11.4. The summed E-state index contributed by atoms with van der Waals surface area (Å²) in [5.74, 6) is -1.17. The molecule has 2 aliphatic rings. The van der Waals surface area contributed by atoms with Crippen LogP contribution in [0.3, 0.4) is 0 Å². The van der Waals surface area contributed by atoms with Gasteiger partial charge in [0.15, 0.2) is 11.5 Å². The van der Waals surface area contributed by atoms with Crippen molar-refractivity contribution < 1.29 is 28.7 Å². The van der Waals surface area contributed by atoms with Crippen LogP contribution in [-0.2, 0) is 20.9 Å². The third kappa shape index (κ3) is 4.63. The normalized spacial score (nSPS) is 13.5. The molecule has 0 atom stereocenters. The number of hydrogen-bond acceptors (Lipinski definition) is 6. The second-order valence-electron chi connectivity index (χ2n) is 8.59. The molecule has 2 aliphatic heterocycles. The van der Waals surface area contributed by atoms with E-state index in [0.717, 1.165) is 16.0 Å². The molecule has 1 N–H and O–H groups in total. The minimum atomic E-state index is -0.760. The molecular formula is C27H23N3O6. The van der Waals surface area contributed by atoms with E-state index >= 15 is 0 Å². The van der Waals surface area contributed by atoms with Gasteiger partial charge in [-0.15, -0.1) is 0 Å². The Balaban J connectivity index is 1.34. The number of nitrogens with zero attached hydrogens (tertiary/aromatic N) is 2. The molecule has 0 aliphatic carbocycles. The number of fused-ring (bicyclic) bond motifs is 2. The van der Waals surface area contributed by atoms with Crippen LogP contribution in [0.4, 0.5) is 11.4 Å².